The quantitative estimate of drug-likeness (QED) is 0.251. The highest BCUT2D eigenvalue weighted by molar-refractivity contribution is 9.10. The number of amides is 1. The van der Waals surface area contributed by atoms with Crippen molar-refractivity contribution in [1.29, 1.82) is 0 Å². The van der Waals surface area contributed by atoms with Gasteiger partial charge in [-0.3, -0.25) is 9.36 Å². The van der Waals surface area contributed by atoms with Gasteiger partial charge in [-0.15, -0.1) is 0 Å². The molecule has 0 radical (unpaired) electrons. The molecule has 0 saturated heterocycles. The minimum Gasteiger partial charge on any atom is -0.444 e. The fraction of sp³-hybridized carbons (Fsp3) is 0.310. The van der Waals surface area contributed by atoms with E-state index in [1.807, 2.05) is 32.9 Å². The van der Waals surface area contributed by atoms with Crippen molar-refractivity contribution in [2.24, 2.45) is 0 Å². The molecule has 11 heteroatoms. The molecule has 206 valence electrons. The number of hydrogen-bond donors (Lipinski definition) is 1. The fourth-order valence-corrected chi connectivity index (χ4v) is 6.31. The third kappa shape index (κ3) is 4.95. The van der Waals surface area contributed by atoms with E-state index in [-0.39, 0.29) is 17.1 Å². The summed E-state index contributed by atoms with van der Waals surface area (Å²) in [6.45, 7) is 6.76. The molecular weight excluding hydrogens is 617 g/mol. The average Bonchev–Trinajstić information content (AvgIpc) is 3.65. The first-order chi connectivity index (χ1) is 18.9. The molecule has 2 aromatic carbocycles. The summed E-state index contributed by atoms with van der Waals surface area (Å²) in [7, 11) is 0. The highest BCUT2D eigenvalue weighted by Crippen LogP contribution is 2.53. The number of carbonyl (C=O) groups is 1. The average molecular weight is 643 g/mol. The normalized spacial score (nSPS) is 15.7. The highest BCUT2D eigenvalue weighted by Gasteiger charge is 2.50. The molecule has 0 bridgehead atoms. The maximum Gasteiger partial charge on any atom is 0.410 e. The van der Waals surface area contributed by atoms with Gasteiger partial charge in [-0.2, -0.15) is 0 Å². The SMILES string of the molecule is CC(C)(C)OC(=O)N1Cc2cc(Nc3ncc4c(=O)n(-c5c(Cl)cccc5Cl)cc(Br)c4n3)ccc2C2(CC2)C1. The first-order valence-electron chi connectivity index (χ1n) is 12.8. The van der Waals surface area contributed by atoms with E-state index in [2.05, 4.69) is 37.3 Å². The summed E-state index contributed by atoms with van der Waals surface area (Å²) >= 11 is 16.2. The number of halogens is 3. The molecule has 1 saturated carbocycles. The number of carbonyl (C=O) groups excluding carboxylic acids is 1. The molecule has 2 aliphatic rings. The molecule has 3 heterocycles. The van der Waals surface area contributed by atoms with Crippen molar-refractivity contribution in [3.63, 3.8) is 0 Å². The van der Waals surface area contributed by atoms with Crippen molar-refractivity contribution >= 4 is 67.8 Å². The van der Waals surface area contributed by atoms with Crippen molar-refractivity contribution < 1.29 is 9.53 Å². The van der Waals surface area contributed by atoms with E-state index in [1.165, 1.54) is 16.3 Å². The number of hydrogen-bond acceptors (Lipinski definition) is 6. The zero-order chi connectivity index (χ0) is 28.4. The zero-order valence-electron chi connectivity index (χ0n) is 22.1. The van der Waals surface area contributed by atoms with Crippen molar-refractivity contribution in [3.05, 3.63) is 84.8 Å². The van der Waals surface area contributed by atoms with Gasteiger partial charge < -0.3 is 15.0 Å². The van der Waals surface area contributed by atoms with E-state index < -0.39 is 5.60 Å². The summed E-state index contributed by atoms with van der Waals surface area (Å²) < 4.78 is 7.63. The summed E-state index contributed by atoms with van der Waals surface area (Å²) in [5.74, 6) is 0.335. The van der Waals surface area contributed by atoms with Crippen LogP contribution in [0.4, 0.5) is 16.4 Å². The van der Waals surface area contributed by atoms with Crippen LogP contribution in [0.2, 0.25) is 10.0 Å². The van der Waals surface area contributed by atoms with Gasteiger partial charge in [0.25, 0.3) is 5.56 Å². The molecule has 1 aliphatic carbocycles. The smallest absolute Gasteiger partial charge is 0.410 e. The first-order valence-corrected chi connectivity index (χ1v) is 14.4. The van der Waals surface area contributed by atoms with Gasteiger partial charge in [-0.25, -0.2) is 14.8 Å². The largest absolute Gasteiger partial charge is 0.444 e. The third-order valence-electron chi connectivity index (χ3n) is 7.18. The lowest BCUT2D eigenvalue weighted by molar-refractivity contribution is 0.0197. The minimum absolute atomic E-state index is 0.00220. The molecule has 8 nitrogen and oxygen atoms in total. The molecule has 0 unspecified atom stereocenters. The Labute approximate surface area is 249 Å². The Morgan fingerprint density at radius 3 is 2.55 bits per heavy atom. The molecule has 2 aromatic heterocycles. The van der Waals surface area contributed by atoms with E-state index >= 15 is 0 Å². The standard InChI is InChI=1S/C29H26BrCl2N5O3/c1-28(2,3)40-27(39)36-13-16-11-17(7-8-19(16)29(15-36)9-10-29)34-26-33-12-18-23(35-26)20(30)14-37(25(18)38)24-21(31)5-4-6-22(24)32/h4-8,11-12,14H,9-10,13,15H2,1-3H3,(H,33,34,35). The van der Waals surface area contributed by atoms with Crippen LogP contribution in [-0.4, -0.2) is 37.7 Å². The van der Waals surface area contributed by atoms with Crippen molar-refractivity contribution in [2.45, 2.75) is 51.2 Å². The summed E-state index contributed by atoms with van der Waals surface area (Å²) in [6.07, 6.45) is 4.89. The van der Waals surface area contributed by atoms with Crippen LogP contribution in [0.1, 0.15) is 44.7 Å². The second kappa shape index (κ2) is 9.75. The van der Waals surface area contributed by atoms with Crippen molar-refractivity contribution in [1.82, 2.24) is 19.4 Å². The van der Waals surface area contributed by atoms with Gasteiger partial charge in [0.2, 0.25) is 5.95 Å². The lowest BCUT2D eigenvalue weighted by atomic mass is 9.87. The highest BCUT2D eigenvalue weighted by atomic mass is 79.9. The number of pyridine rings is 1. The second-order valence-corrected chi connectivity index (χ2v) is 13.0. The number of nitrogens with one attached hydrogen (secondary N) is 1. The molecular formula is C29H26BrCl2N5O3. The molecule has 4 aromatic rings. The van der Waals surface area contributed by atoms with Crippen LogP contribution in [0.5, 0.6) is 0 Å². The Bertz CT molecular complexity index is 1730. The number of anilines is 2. The molecule has 0 atom stereocenters. The third-order valence-corrected chi connectivity index (χ3v) is 8.37. The van der Waals surface area contributed by atoms with Crippen LogP contribution in [0, 0.1) is 0 Å². The number of rotatable bonds is 3. The van der Waals surface area contributed by atoms with E-state index in [9.17, 15) is 9.59 Å². The molecule has 6 rings (SSSR count). The number of ether oxygens (including phenoxy) is 1. The van der Waals surface area contributed by atoms with Gasteiger partial charge in [0, 0.05) is 36.6 Å². The Morgan fingerprint density at radius 2 is 1.88 bits per heavy atom. The van der Waals surface area contributed by atoms with E-state index in [0.29, 0.717) is 50.1 Å². The first kappa shape index (κ1) is 27.1. The van der Waals surface area contributed by atoms with Crippen LogP contribution < -0.4 is 10.9 Å². The fourth-order valence-electron chi connectivity index (χ4n) is 5.22. The van der Waals surface area contributed by atoms with Gasteiger partial charge in [0.15, 0.2) is 0 Å². The Balaban J connectivity index is 1.31. The van der Waals surface area contributed by atoms with Crippen LogP contribution in [-0.2, 0) is 16.7 Å². The molecule has 1 spiro atoms. The molecule has 40 heavy (non-hydrogen) atoms. The summed E-state index contributed by atoms with van der Waals surface area (Å²) in [4.78, 5) is 37.0. The van der Waals surface area contributed by atoms with Crippen LogP contribution in [0.3, 0.4) is 0 Å². The predicted molar refractivity (Wildman–Crippen MR) is 160 cm³/mol. The summed E-state index contributed by atoms with van der Waals surface area (Å²) in [6, 6.07) is 11.2. The van der Waals surface area contributed by atoms with Crippen LogP contribution >= 0.6 is 39.1 Å². The topological polar surface area (TPSA) is 89.4 Å². The predicted octanol–water partition coefficient (Wildman–Crippen LogP) is 7.38. The van der Waals surface area contributed by atoms with Gasteiger partial charge in [-0.05, 0) is 84.9 Å². The Kier molecular flexibility index (Phi) is 6.59. The maximum atomic E-state index is 13.3. The maximum absolute atomic E-state index is 13.3. The minimum atomic E-state index is -0.554. The van der Waals surface area contributed by atoms with Gasteiger partial charge in [0.05, 0.1) is 31.1 Å². The van der Waals surface area contributed by atoms with Gasteiger partial charge >= 0.3 is 6.09 Å². The van der Waals surface area contributed by atoms with E-state index in [1.54, 1.807) is 29.3 Å². The molecule has 1 N–H and O–H groups in total. The number of fused-ring (bicyclic) bond motifs is 3. The van der Waals surface area contributed by atoms with Crippen molar-refractivity contribution in [2.75, 3.05) is 11.9 Å². The number of para-hydroxylation sites is 1. The summed E-state index contributed by atoms with van der Waals surface area (Å²) in [5.41, 5.74) is 3.08. The zero-order valence-corrected chi connectivity index (χ0v) is 25.2. The Hall–Kier alpha value is -3.14. The Morgan fingerprint density at radius 1 is 1.15 bits per heavy atom. The monoisotopic (exact) mass is 641 g/mol. The van der Waals surface area contributed by atoms with Crippen LogP contribution in [0.15, 0.2) is 58.1 Å². The van der Waals surface area contributed by atoms with E-state index in [4.69, 9.17) is 27.9 Å². The second-order valence-electron chi connectivity index (χ2n) is 11.3. The molecule has 1 amide bonds. The number of benzene rings is 2. The molecule has 1 aliphatic heterocycles. The van der Waals surface area contributed by atoms with Crippen molar-refractivity contribution in [3.8, 4) is 5.69 Å². The number of nitrogens with zero attached hydrogens (tertiary/aromatic N) is 4. The summed E-state index contributed by atoms with van der Waals surface area (Å²) in [5, 5.41) is 4.27. The van der Waals surface area contributed by atoms with Crippen LogP contribution in [0.25, 0.3) is 16.6 Å². The number of aromatic nitrogens is 3. The lowest BCUT2D eigenvalue weighted by Gasteiger charge is -2.36. The van der Waals surface area contributed by atoms with Gasteiger partial charge in [0.1, 0.15) is 5.60 Å². The molecule has 1 fully saturated rings. The van der Waals surface area contributed by atoms with Gasteiger partial charge in [-0.1, -0.05) is 35.3 Å². The lowest BCUT2D eigenvalue weighted by Crippen LogP contribution is -2.44. The van der Waals surface area contributed by atoms with E-state index in [0.717, 1.165) is 24.1 Å².